The maximum atomic E-state index is 11.8. The Morgan fingerprint density at radius 1 is 1.27 bits per heavy atom. The second-order valence-corrected chi connectivity index (χ2v) is 7.73. The van der Waals surface area contributed by atoms with Crippen molar-refractivity contribution in [3.8, 4) is 5.75 Å². The molecule has 0 amide bonds. The fourth-order valence-corrected chi connectivity index (χ4v) is 4.37. The van der Waals surface area contributed by atoms with Gasteiger partial charge in [0.25, 0.3) is 5.69 Å². The highest BCUT2D eigenvalue weighted by molar-refractivity contribution is 7.80. The fourth-order valence-electron chi connectivity index (χ4n) is 2.68. The largest absolute Gasteiger partial charge is 0.494 e. The number of carbonyl (C=O) groups excluding carboxylic acids is 1. The number of nitro groups is 1. The lowest BCUT2D eigenvalue weighted by molar-refractivity contribution is -0.384. The third-order valence-electron chi connectivity index (χ3n) is 3.98. The lowest BCUT2D eigenvalue weighted by Crippen LogP contribution is -2.19. The second kappa shape index (κ2) is 9.24. The van der Waals surface area contributed by atoms with Crippen molar-refractivity contribution in [1.82, 2.24) is 0 Å². The average Bonchev–Trinajstić information content (AvgIpc) is 3.04. The van der Waals surface area contributed by atoms with E-state index in [1.54, 1.807) is 31.2 Å². The molecule has 0 spiro atoms. The van der Waals surface area contributed by atoms with Gasteiger partial charge in [-0.25, -0.2) is 4.79 Å². The van der Waals surface area contributed by atoms with Gasteiger partial charge in [-0.3, -0.25) is 10.1 Å². The fraction of sp³-hybridized carbons (Fsp3) is 0.158. The van der Waals surface area contributed by atoms with Crippen LogP contribution in [0.15, 0.2) is 36.4 Å². The molecule has 0 atom stereocenters. The number of benzene rings is 2. The van der Waals surface area contributed by atoms with Crippen LogP contribution in [0.4, 0.5) is 17.1 Å². The van der Waals surface area contributed by atoms with Gasteiger partial charge < -0.3 is 20.1 Å². The van der Waals surface area contributed by atoms with E-state index < -0.39 is 10.9 Å². The Balaban J connectivity index is 1.80. The van der Waals surface area contributed by atoms with Gasteiger partial charge in [0, 0.05) is 15.8 Å². The zero-order valence-corrected chi connectivity index (χ0v) is 18.2. The van der Waals surface area contributed by atoms with Crippen LogP contribution in [0.2, 0.25) is 5.02 Å². The molecule has 156 valence electrons. The SMILES string of the molecule is CCOc1ccc(NC(=S)Nc2ccc3c(Cl)c(C(=O)OC)sc3c2)c([N+](=O)[O-])c1. The van der Waals surface area contributed by atoms with Crippen LogP contribution in [0, 0.1) is 10.1 Å². The van der Waals surface area contributed by atoms with Crippen LogP contribution in [-0.4, -0.2) is 29.7 Å². The molecule has 0 radical (unpaired) electrons. The molecule has 0 saturated carbocycles. The highest BCUT2D eigenvalue weighted by atomic mass is 35.5. The molecule has 0 unspecified atom stereocenters. The van der Waals surface area contributed by atoms with E-state index in [4.69, 9.17) is 33.3 Å². The third kappa shape index (κ3) is 4.61. The van der Waals surface area contributed by atoms with Gasteiger partial charge in [0.05, 0.1) is 29.7 Å². The van der Waals surface area contributed by atoms with E-state index in [1.807, 2.05) is 0 Å². The van der Waals surface area contributed by atoms with E-state index in [2.05, 4.69) is 10.6 Å². The summed E-state index contributed by atoms with van der Waals surface area (Å²) in [5, 5.41) is 18.4. The zero-order chi connectivity index (χ0) is 21.8. The number of rotatable bonds is 6. The maximum absolute atomic E-state index is 11.8. The summed E-state index contributed by atoms with van der Waals surface area (Å²) in [4.78, 5) is 23.0. The van der Waals surface area contributed by atoms with Gasteiger partial charge in [0.2, 0.25) is 0 Å². The van der Waals surface area contributed by atoms with Gasteiger partial charge in [-0.2, -0.15) is 0 Å². The molecule has 0 aliphatic carbocycles. The highest BCUT2D eigenvalue weighted by Gasteiger charge is 2.19. The van der Waals surface area contributed by atoms with E-state index >= 15 is 0 Å². The van der Waals surface area contributed by atoms with E-state index in [0.29, 0.717) is 33.3 Å². The number of anilines is 2. The number of fused-ring (bicyclic) bond motifs is 1. The van der Waals surface area contributed by atoms with Crippen LogP contribution in [0.5, 0.6) is 5.75 Å². The molecule has 2 N–H and O–H groups in total. The monoisotopic (exact) mass is 465 g/mol. The van der Waals surface area contributed by atoms with Crippen LogP contribution in [0.1, 0.15) is 16.6 Å². The Labute approximate surface area is 185 Å². The first-order valence-electron chi connectivity index (χ1n) is 8.63. The number of thiophene rings is 1. The van der Waals surface area contributed by atoms with Gasteiger partial charge in [0.1, 0.15) is 16.3 Å². The Bertz CT molecular complexity index is 1150. The molecule has 11 heteroatoms. The van der Waals surface area contributed by atoms with Crippen molar-refractivity contribution in [2.45, 2.75) is 6.92 Å². The van der Waals surface area contributed by atoms with E-state index in [1.165, 1.54) is 30.6 Å². The minimum Gasteiger partial charge on any atom is -0.494 e. The van der Waals surface area contributed by atoms with Crippen LogP contribution in [0.25, 0.3) is 10.1 Å². The first-order valence-corrected chi connectivity index (χ1v) is 10.2. The Morgan fingerprint density at radius 3 is 2.70 bits per heavy atom. The number of esters is 1. The minimum atomic E-state index is -0.512. The number of ether oxygens (including phenoxy) is 2. The van der Waals surface area contributed by atoms with Gasteiger partial charge in [-0.1, -0.05) is 11.6 Å². The second-order valence-electron chi connectivity index (χ2n) is 5.90. The maximum Gasteiger partial charge on any atom is 0.349 e. The van der Waals surface area contributed by atoms with Crippen molar-refractivity contribution >= 4 is 73.4 Å². The van der Waals surface area contributed by atoms with E-state index in [9.17, 15) is 14.9 Å². The number of thiocarbonyl (C=S) groups is 1. The lowest BCUT2D eigenvalue weighted by atomic mass is 10.2. The first kappa shape index (κ1) is 21.8. The first-order chi connectivity index (χ1) is 14.3. The molecule has 1 aromatic heterocycles. The number of nitro benzene ring substituents is 1. The molecule has 0 aliphatic rings. The molecular formula is C19H16ClN3O5S2. The normalized spacial score (nSPS) is 10.5. The predicted molar refractivity (Wildman–Crippen MR) is 122 cm³/mol. The summed E-state index contributed by atoms with van der Waals surface area (Å²) < 4.78 is 10.8. The predicted octanol–water partition coefficient (Wildman–Crippen LogP) is 5.46. The summed E-state index contributed by atoms with van der Waals surface area (Å²) in [7, 11) is 1.29. The molecule has 3 rings (SSSR count). The van der Waals surface area contributed by atoms with Crippen molar-refractivity contribution < 1.29 is 19.2 Å². The quantitative estimate of drug-likeness (QED) is 0.214. The number of nitrogens with zero attached hydrogens (tertiary/aromatic N) is 1. The van der Waals surface area contributed by atoms with Gasteiger partial charge in [-0.15, -0.1) is 11.3 Å². The number of hydrogen-bond acceptors (Lipinski definition) is 7. The molecule has 3 aromatic rings. The van der Waals surface area contributed by atoms with E-state index in [-0.39, 0.29) is 16.5 Å². The summed E-state index contributed by atoms with van der Waals surface area (Å²) in [6, 6.07) is 9.76. The van der Waals surface area contributed by atoms with Crippen LogP contribution >= 0.6 is 35.2 Å². The molecular weight excluding hydrogens is 450 g/mol. The summed E-state index contributed by atoms with van der Waals surface area (Å²) in [5.41, 5.74) is 0.699. The number of hydrogen-bond donors (Lipinski definition) is 2. The van der Waals surface area contributed by atoms with Gasteiger partial charge in [-0.05, 0) is 49.5 Å². The lowest BCUT2D eigenvalue weighted by Gasteiger charge is -2.12. The average molecular weight is 466 g/mol. The van der Waals surface area contributed by atoms with E-state index in [0.717, 1.165) is 4.70 Å². The number of carbonyl (C=O) groups is 1. The van der Waals surface area contributed by atoms with Gasteiger partial charge in [0.15, 0.2) is 5.11 Å². The van der Waals surface area contributed by atoms with Gasteiger partial charge >= 0.3 is 5.97 Å². The topological polar surface area (TPSA) is 103 Å². The van der Waals surface area contributed by atoms with Crippen molar-refractivity contribution in [3.63, 3.8) is 0 Å². The summed E-state index contributed by atoms with van der Waals surface area (Å²) >= 11 is 12.7. The zero-order valence-electron chi connectivity index (χ0n) is 15.9. The number of nitrogens with one attached hydrogen (secondary N) is 2. The number of methoxy groups -OCH3 is 1. The van der Waals surface area contributed by atoms with Crippen molar-refractivity contribution in [2.75, 3.05) is 24.4 Å². The number of halogens is 1. The van der Waals surface area contributed by atoms with Crippen LogP contribution in [-0.2, 0) is 4.74 Å². The Kier molecular flexibility index (Phi) is 6.70. The smallest absolute Gasteiger partial charge is 0.349 e. The molecule has 2 aromatic carbocycles. The Hall–Kier alpha value is -2.95. The highest BCUT2D eigenvalue weighted by Crippen LogP contribution is 2.37. The van der Waals surface area contributed by atoms with Crippen molar-refractivity contribution in [2.24, 2.45) is 0 Å². The summed E-state index contributed by atoms with van der Waals surface area (Å²) in [6.07, 6.45) is 0. The molecule has 0 aliphatic heterocycles. The summed E-state index contributed by atoms with van der Waals surface area (Å²) in [5.74, 6) is -0.106. The van der Waals surface area contributed by atoms with Crippen LogP contribution < -0.4 is 15.4 Å². The summed E-state index contributed by atoms with van der Waals surface area (Å²) in [6.45, 7) is 2.19. The van der Waals surface area contributed by atoms with Crippen LogP contribution in [0.3, 0.4) is 0 Å². The Morgan fingerprint density at radius 2 is 2.03 bits per heavy atom. The molecule has 8 nitrogen and oxygen atoms in total. The van der Waals surface area contributed by atoms with Crippen molar-refractivity contribution in [3.05, 3.63) is 56.4 Å². The molecule has 0 fully saturated rings. The molecule has 0 saturated heterocycles. The third-order valence-corrected chi connectivity index (χ3v) is 5.82. The molecule has 0 bridgehead atoms. The minimum absolute atomic E-state index is 0.159. The molecule has 30 heavy (non-hydrogen) atoms. The van der Waals surface area contributed by atoms with Crippen molar-refractivity contribution in [1.29, 1.82) is 0 Å². The molecule has 1 heterocycles. The standard InChI is InChI=1S/C19H16ClN3O5S2/c1-3-28-11-5-7-13(14(9-11)23(25)26)22-19(29)21-10-4-6-12-15(8-10)30-17(16(12)20)18(24)27-2/h4-9H,3H2,1-2H3,(H2,21,22,29).